The second-order valence-corrected chi connectivity index (χ2v) is 6.39. The van der Waals surface area contributed by atoms with E-state index in [1.54, 1.807) is 43.5 Å². The molecule has 0 saturated heterocycles. The standard InChI is InChI=1S/C22H28N2O6/c1-6-24(14-20(25)23-16-7-9-17(27-2)10-8-16)21(26)13-15-11-18(28-3)22(30-5)19(12-15)29-4/h7-12H,6,13-14H2,1-5H3,(H,23,25). The van der Waals surface area contributed by atoms with Gasteiger partial charge in [-0.15, -0.1) is 0 Å². The third-order valence-corrected chi connectivity index (χ3v) is 4.52. The molecule has 162 valence electrons. The first-order valence-electron chi connectivity index (χ1n) is 9.46. The quantitative estimate of drug-likeness (QED) is 0.641. The lowest BCUT2D eigenvalue weighted by Gasteiger charge is -2.21. The average Bonchev–Trinajstić information content (AvgIpc) is 2.76. The van der Waals surface area contributed by atoms with Crippen LogP contribution in [0.4, 0.5) is 5.69 Å². The number of benzene rings is 2. The summed E-state index contributed by atoms with van der Waals surface area (Å²) < 4.78 is 21.1. The minimum absolute atomic E-state index is 0.0498. The van der Waals surface area contributed by atoms with Crippen molar-refractivity contribution >= 4 is 17.5 Å². The molecule has 2 aromatic rings. The molecular weight excluding hydrogens is 388 g/mol. The SMILES string of the molecule is CCN(CC(=O)Nc1ccc(OC)cc1)C(=O)Cc1cc(OC)c(OC)c(OC)c1. The number of hydrogen-bond donors (Lipinski definition) is 1. The molecule has 8 nitrogen and oxygen atoms in total. The molecule has 0 fully saturated rings. The Morgan fingerprint density at radius 2 is 1.50 bits per heavy atom. The lowest BCUT2D eigenvalue weighted by Crippen LogP contribution is -2.38. The molecule has 0 aliphatic heterocycles. The van der Waals surface area contributed by atoms with Crippen molar-refractivity contribution < 1.29 is 28.5 Å². The van der Waals surface area contributed by atoms with Gasteiger partial charge in [0.2, 0.25) is 17.6 Å². The normalized spacial score (nSPS) is 10.2. The van der Waals surface area contributed by atoms with E-state index in [1.807, 2.05) is 6.92 Å². The monoisotopic (exact) mass is 416 g/mol. The minimum atomic E-state index is -0.278. The van der Waals surface area contributed by atoms with E-state index < -0.39 is 0 Å². The molecule has 2 amide bonds. The Morgan fingerprint density at radius 3 is 1.97 bits per heavy atom. The van der Waals surface area contributed by atoms with E-state index in [-0.39, 0.29) is 24.8 Å². The Labute approximate surface area is 176 Å². The van der Waals surface area contributed by atoms with Crippen LogP contribution in [0.15, 0.2) is 36.4 Å². The third kappa shape index (κ3) is 5.79. The lowest BCUT2D eigenvalue weighted by molar-refractivity contribution is -0.133. The molecule has 0 bridgehead atoms. The van der Waals surface area contributed by atoms with Crippen LogP contribution in [0.2, 0.25) is 0 Å². The summed E-state index contributed by atoms with van der Waals surface area (Å²) in [5, 5.41) is 2.78. The molecule has 0 aliphatic carbocycles. The number of methoxy groups -OCH3 is 4. The second kappa shape index (κ2) is 10.9. The number of ether oxygens (including phenoxy) is 4. The number of rotatable bonds is 10. The zero-order chi connectivity index (χ0) is 22.1. The van der Waals surface area contributed by atoms with Gasteiger partial charge in [0.05, 0.1) is 41.4 Å². The van der Waals surface area contributed by atoms with E-state index in [0.29, 0.717) is 40.8 Å². The van der Waals surface area contributed by atoms with Gasteiger partial charge in [-0.3, -0.25) is 9.59 Å². The largest absolute Gasteiger partial charge is 0.497 e. The second-order valence-electron chi connectivity index (χ2n) is 6.39. The van der Waals surface area contributed by atoms with Crippen molar-refractivity contribution in [3.63, 3.8) is 0 Å². The van der Waals surface area contributed by atoms with Crippen molar-refractivity contribution in [1.82, 2.24) is 4.90 Å². The number of carbonyl (C=O) groups is 2. The summed E-state index contributed by atoms with van der Waals surface area (Å²) in [6, 6.07) is 10.4. The summed E-state index contributed by atoms with van der Waals surface area (Å²) in [7, 11) is 6.13. The van der Waals surface area contributed by atoms with Crippen LogP contribution in [0, 0.1) is 0 Å². The fraction of sp³-hybridized carbons (Fsp3) is 0.364. The number of likely N-dealkylation sites (N-methyl/N-ethyl adjacent to an activating group) is 1. The van der Waals surface area contributed by atoms with Crippen molar-refractivity contribution in [2.45, 2.75) is 13.3 Å². The molecule has 1 N–H and O–H groups in total. The van der Waals surface area contributed by atoms with E-state index in [4.69, 9.17) is 18.9 Å². The zero-order valence-corrected chi connectivity index (χ0v) is 18.0. The summed E-state index contributed by atoms with van der Waals surface area (Å²) in [4.78, 5) is 26.7. The highest BCUT2D eigenvalue weighted by Gasteiger charge is 2.19. The third-order valence-electron chi connectivity index (χ3n) is 4.52. The number of nitrogens with zero attached hydrogens (tertiary/aromatic N) is 1. The van der Waals surface area contributed by atoms with Crippen LogP contribution in [0.25, 0.3) is 0 Å². The Bertz CT molecular complexity index is 841. The van der Waals surface area contributed by atoms with Gasteiger partial charge in [-0.05, 0) is 48.9 Å². The van der Waals surface area contributed by atoms with Crippen LogP contribution < -0.4 is 24.3 Å². The van der Waals surface area contributed by atoms with Crippen LogP contribution in [-0.4, -0.2) is 58.2 Å². The van der Waals surface area contributed by atoms with Crippen LogP contribution in [0.5, 0.6) is 23.0 Å². The molecule has 2 aromatic carbocycles. The highest BCUT2D eigenvalue weighted by atomic mass is 16.5. The fourth-order valence-corrected chi connectivity index (χ4v) is 2.95. The Morgan fingerprint density at radius 1 is 0.900 bits per heavy atom. The van der Waals surface area contributed by atoms with Crippen molar-refractivity contribution in [2.24, 2.45) is 0 Å². The van der Waals surface area contributed by atoms with E-state index >= 15 is 0 Å². The molecule has 0 unspecified atom stereocenters. The molecule has 0 radical (unpaired) electrons. The summed E-state index contributed by atoms with van der Waals surface area (Å²) in [5.41, 5.74) is 1.33. The predicted molar refractivity (Wildman–Crippen MR) is 114 cm³/mol. The predicted octanol–water partition coefficient (Wildman–Crippen LogP) is 2.75. The molecule has 2 rings (SSSR count). The lowest BCUT2D eigenvalue weighted by atomic mass is 10.1. The topological polar surface area (TPSA) is 86.3 Å². The molecule has 8 heteroatoms. The summed E-state index contributed by atoms with van der Waals surface area (Å²) in [5.74, 6) is 1.64. The summed E-state index contributed by atoms with van der Waals surface area (Å²) in [6.45, 7) is 2.18. The van der Waals surface area contributed by atoms with Crippen LogP contribution >= 0.6 is 0 Å². The molecule has 0 atom stereocenters. The Balaban J connectivity index is 2.05. The molecule has 0 aromatic heterocycles. The van der Waals surface area contributed by atoms with Gasteiger partial charge >= 0.3 is 0 Å². The first-order valence-corrected chi connectivity index (χ1v) is 9.46. The van der Waals surface area contributed by atoms with Crippen LogP contribution in [-0.2, 0) is 16.0 Å². The smallest absolute Gasteiger partial charge is 0.243 e. The average molecular weight is 416 g/mol. The van der Waals surface area contributed by atoms with E-state index in [2.05, 4.69) is 5.32 Å². The van der Waals surface area contributed by atoms with Gasteiger partial charge in [-0.1, -0.05) is 0 Å². The number of hydrogen-bond acceptors (Lipinski definition) is 6. The van der Waals surface area contributed by atoms with Gasteiger partial charge in [-0.2, -0.15) is 0 Å². The first-order chi connectivity index (χ1) is 14.4. The molecule has 0 saturated carbocycles. The zero-order valence-electron chi connectivity index (χ0n) is 18.0. The van der Waals surface area contributed by atoms with Crippen molar-refractivity contribution in [3.8, 4) is 23.0 Å². The fourth-order valence-electron chi connectivity index (χ4n) is 2.95. The van der Waals surface area contributed by atoms with Crippen molar-refractivity contribution in [1.29, 1.82) is 0 Å². The van der Waals surface area contributed by atoms with E-state index in [1.165, 1.54) is 26.2 Å². The Kier molecular flexibility index (Phi) is 8.34. The van der Waals surface area contributed by atoms with Crippen molar-refractivity contribution in [2.75, 3.05) is 46.8 Å². The van der Waals surface area contributed by atoms with Gasteiger partial charge in [0.15, 0.2) is 11.5 Å². The molecular formula is C22H28N2O6. The minimum Gasteiger partial charge on any atom is -0.497 e. The Hall–Kier alpha value is -3.42. The van der Waals surface area contributed by atoms with Crippen molar-refractivity contribution in [3.05, 3.63) is 42.0 Å². The molecule has 0 spiro atoms. The number of anilines is 1. The highest BCUT2D eigenvalue weighted by molar-refractivity contribution is 5.94. The number of amides is 2. The summed E-state index contributed by atoms with van der Waals surface area (Å²) in [6.07, 6.45) is 0.0976. The van der Waals surface area contributed by atoms with E-state index in [9.17, 15) is 9.59 Å². The van der Waals surface area contributed by atoms with E-state index in [0.717, 1.165) is 0 Å². The van der Waals surface area contributed by atoms with Gasteiger partial charge in [-0.25, -0.2) is 0 Å². The first kappa shape index (κ1) is 22.9. The number of carbonyl (C=O) groups excluding carboxylic acids is 2. The van der Waals surface area contributed by atoms with Gasteiger partial charge in [0, 0.05) is 12.2 Å². The molecule has 30 heavy (non-hydrogen) atoms. The van der Waals surface area contributed by atoms with Gasteiger partial charge < -0.3 is 29.2 Å². The maximum Gasteiger partial charge on any atom is 0.243 e. The van der Waals surface area contributed by atoms with Crippen LogP contribution in [0.1, 0.15) is 12.5 Å². The van der Waals surface area contributed by atoms with Gasteiger partial charge in [0.1, 0.15) is 5.75 Å². The number of nitrogens with one attached hydrogen (secondary N) is 1. The molecule has 0 aliphatic rings. The maximum atomic E-state index is 12.8. The highest BCUT2D eigenvalue weighted by Crippen LogP contribution is 2.38. The summed E-state index contributed by atoms with van der Waals surface area (Å²) >= 11 is 0. The van der Waals surface area contributed by atoms with Gasteiger partial charge in [0.25, 0.3) is 0 Å². The van der Waals surface area contributed by atoms with Crippen LogP contribution in [0.3, 0.4) is 0 Å². The molecule has 0 heterocycles. The maximum absolute atomic E-state index is 12.8.